The zero-order valence-corrected chi connectivity index (χ0v) is 7.28. The van der Waals surface area contributed by atoms with Crippen molar-refractivity contribution in [2.75, 3.05) is 0 Å². The summed E-state index contributed by atoms with van der Waals surface area (Å²) in [7, 11) is 0. The Morgan fingerprint density at radius 3 is 1.64 bits per heavy atom. The third kappa shape index (κ3) is 22.6. The minimum Gasteiger partial charge on any atom is -0.478 e. The largest absolute Gasteiger partial charge is 0.478 e. The molecule has 0 heterocycles. The molecule has 0 aliphatic carbocycles. The lowest BCUT2D eigenvalue weighted by molar-refractivity contribution is -0.402. The van der Waals surface area contributed by atoms with Crippen molar-refractivity contribution >= 4 is 11.9 Å². The van der Waals surface area contributed by atoms with Gasteiger partial charge in [-0.1, -0.05) is 0 Å². The fraction of sp³-hybridized carbons (Fsp3) is 0.143. The molecule has 0 aliphatic rings. The lowest BCUT2D eigenvalue weighted by atomic mass is 10.5. The molecule has 0 aromatic carbocycles. The Bertz CT molecular complexity index is 251. The van der Waals surface area contributed by atoms with E-state index in [1.165, 1.54) is 6.08 Å². The van der Waals surface area contributed by atoms with Crippen LogP contribution in [0.2, 0.25) is 0 Å². The van der Waals surface area contributed by atoms with Gasteiger partial charge in [0.2, 0.25) is 6.20 Å². The topological polar surface area (TPSA) is 118 Å². The highest BCUT2D eigenvalue weighted by Crippen LogP contribution is 1.70. The molecule has 0 saturated carbocycles. The van der Waals surface area contributed by atoms with E-state index < -0.39 is 16.9 Å². The number of allylic oxidation sites excluding steroid dienone is 1. The molecule has 0 atom stereocenters. The van der Waals surface area contributed by atoms with E-state index in [2.05, 4.69) is 0 Å². The molecule has 0 aromatic heterocycles. The molecule has 7 nitrogen and oxygen atoms in total. The van der Waals surface area contributed by atoms with Crippen LogP contribution < -0.4 is 0 Å². The smallest absolute Gasteiger partial charge is 0.328 e. The number of nitrogens with zero attached hydrogens (tertiary/aromatic N) is 1. The normalized spacial score (nSPS) is 9.50. The number of carboxylic acid groups (broad SMARTS) is 2. The van der Waals surface area contributed by atoms with E-state index in [9.17, 15) is 19.7 Å². The number of carbonyl (C=O) groups is 2. The zero-order chi connectivity index (χ0) is 11.6. The first kappa shape index (κ1) is 14.3. The van der Waals surface area contributed by atoms with Crippen molar-refractivity contribution in [3.05, 3.63) is 34.5 Å². The van der Waals surface area contributed by atoms with Crippen LogP contribution in [0.5, 0.6) is 0 Å². The molecule has 0 spiro atoms. The fourth-order valence-electron chi connectivity index (χ4n) is 0.264. The summed E-state index contributed by atoms with van der Waals surface area (Å²) in [6.45, 7) is 1.60. The van der Waals surface area contributed by atoms with Crippen LogP contribution in [0.3, 0.4) is 0 Å². The van der Waals surface area contributed by atoms with Gasteiger partial charge in [-0.25, -0.2) is 9.59 Å². The molecular weight excluding hydrogens is 194 g/mol. The maximum absolute atomic E-state index is 9.55. The van der Waals surface area contributed by atoms with Crippen LogP contribution in [-0.2, 0) is 9.59 Å². The molecule has 0 unspecified atom stereocenters. The molecule has 2 N–H and O–H groups in total. The highest BCUT2D eigenvalue weighted by molar-refractivity contribution is 5.89. The second-order valence-corrected chi connectivity index (χ2v) is 1.78. The molecule has 0 amide bonds. The summed E-state index contributed by atoms with van der Waals surface area (Å²) < 4.78 is 0. The fourth-order valence-corrected chi connectivity index (χ4v) is 0.264. The van der Waals surface area contributed by atoms with E-state index in [4.69, 9.17) is 10.2 Å². The molecule has 0 radical (unpaired) electrons. The van der Waals surface area contributed by atoms with Crippen molar-refractivity contribution in [3.63, 3.8) is 0 Å². The molecule has 0 rings (SSSR count). The Hall–Kier alpha value is -2.18. The third-order valence-electron chi connectivity index (χ3n) is 0.639. The Morgan fingerprint density at radius 2 is 1.57 bits per heavy atom. The standard InChI is InChI=1S/C4H4O4.C3H5NO2/c5-3(6)1-2-4(7)8;1-2-3-4(5)6/h1-2H,(H,5,6)(H,7,8);2-3H,1H3/b2-1+;. The predicted molar refractivity (Wildman–Crippen MR) is 46.2 cm³/mol. The zero-order valence-electron chi connectivity index (χ0n) is 7.28. The van der Waals surface area contributed by atoms with Gasteiger partial charge in [0.15, 0.2) is 0 Å². The van der Waals surface area contributed by atoms with E-state index in [1.54, 1.807) is 6.92 Å². The van der Waals surface area contributed by atoms with Gasteiger partial charge in [0.25, 0.3) is 0 Å². The Kier molecular flexibility index (Phi) is 9.14. The molecule has 78 valence electrons. The van der Waals surface area contributed by atoms with Crippen molar-refractivity contribution in [1.82, 2.24) is 0 Å². The molecule has 0 fully saturated rings. The van der Waals surface area contributed by atoms with Crippen molar-refractivity contribution < 1.29 is 24.7 Å². The third-order valence-corrected chi connectivity index (χ3v) is 0.639. The number of rotatable bonds is 3. The lowest BCUT2D eigenvalue weighted by Gasteiger charge is -1.74. The van der Waals surface area contributed by atoms with E-state index in [1.807, 2.05) is 0 Å². The molecule has 14 heavy (non-hydrogen) atoms. The first-order chi connectivity index (χ1) is 6.40. The van der Waals surface area contributed by atoms with Crippen molar-refractivity contribution in [3.8, 4) is 0 Å². The summed E-state index contributed by atoms with van der Waals surface area (Å²) in [6, 6.07) is 0. The van der Waals surface area contributed by atoms with Gasteiger partial charge in [0.1, 0.15) is 0 Å². The average molecular weight is 203 g/mol. The van der Waals surface area contributed by atoms with Crippen molar-refractivity contribution in [2.24, 2.45) is 0 Å². The van der Waals surface area contributed by atoms with Crippen LogP contribution in [0.1, 0.15) is 6.92 Å². The highest BCUT2D eigenvalue weighted by Gasteiger charge is 1.88. The second-order valence-electron chi connectivity index (χ2n) is 1.78. The predicted octanol–water partition coefficient (Wildman–Crippen LogP) is 0.508. The van der Waals surface area contributed by atoms with Crippen LogP contribution in [0.4, 0.5) is 0 Å². The molecular formula is C7H9NO6. The minimum atomic E-state index is -1.26. The number of nitro groups is 1. The lowest BCUT2D eigenvalue weighted by Crippen LogP contribution is -1.91. The van der Waals surface area contributed by atoms with Gasteiger partial charge in [0.05, 0.1) is 4.92 Å². The van der Waals surface area contributed by atoms with Crippen LogP contribution in [0.15, 0.2) is 24.4 Å². The van der Waals surface area contributed by atoms with Crippen molar-refractivity contribution in [1.29, 1.82) is 0 Å². The van der Waals surface area contributed by atoms with E-state index >= 15 is 0 Å². The summed E-state index contributed by atoms with van der Waals surface area (Å²) >= 11 is 0. The summed E-state index contributed by atoms with van der Waals surface area (Å²) in [6.07, 6.45) is 3.38. The summed E-state index contributed by atoms with van der Waals surface area (Å²) in [4.78, 5) is 27.9. The van der Waals surface area contributed by atoms with Crippen LogP contribution in [0.25, 0.3) is 0 Å². The van der Waals surface area contributed by atoms with E-state index in [0.29, 0.717) is 12.2 Å². The monoisotopic (exact) mass is 203 g/mol. The molecule has 0 aliphatic heterocycles. The molecule has 7 heteroatoms. The summed E-state index contributed by atoms with van der Waals surface area (Å²) in [5.74, 6) is -2.51. The number of hydrogen-bond donors (Lipinski definition) is 2. The number of carboxylic acids is 2. The molecule has 0 aromatic rings. The Morgan fingerprint density at radius 1 is 1.21 bits per heavy atom. The van der Waals surface area contributed by atoms with E-state index in [0.717, 1.165) is 6.20 Å². The number of aliphatic carboxylic acids is 2. The van der Waals surface area contributed by atoms with Crippen LogP contribution in [-0.4, -0.2) is 27.1 Å². The highest BCUT2D eigenvalue weighted by atomic mass is 16.6. The maximum atomic E-state index is 9.55. The van der Waals surface area contributed by atoms with Gasteiger partial charge in [-0.05, 0) is 13.0 Å². The van der Waals surface area contributed by atoms with E-state index in [-0.39, 0.29) is 0 Å². The second kappa shape index (κ2) is 8.91. The van der Waals surface area contributed by atoms with Gasteiger partial charge >= 0.3 is 11.9 Å². The first-order valence-corrected chi connectivity index (χ1v) is 3.30. The van der Waals surface area contributed by atoms with Gasteiger partial charge < -0.3 is 10.2 Å². The van der Waals surface area contributed by atoms with Gasteiger partial charge in [-0.2, -0.15) is 0 Å². The van der Waals surface area contributed by atoms with Crippen LogP contribution in [0, 0.1) is 10.1 Å². The Labute approximate surface area is 79.1 Å². The maximum Gasteiger partial charge on any atom is 0.328 e. The minimum absolute atomic E-state index is 0.500. The van der Waals surface area contributed by atoms with Gasteiger partial charge in [-0.15, -0.1) is 0 Å². The SMILES string of the molecule is CC=C[N+](=O)[O-].O=C(O)/C=C/C(=O)O. The average Bonchev–Trinajstić information content (AvgIpc) is 2.01. The number of hydrogen-bond acceptors (Lipinski definition) is 4. The Balaban J connectivity index is 0. The molecule has 0 bridgehead atoms. The quantitative estimate of drug-likeness (QED) is 0.392. The van der Waals surface area contributed by atoms with Crippen molar-refractivity contribution in [2.45, 2.75) is 6.92 Å². The van der Waals surface area contributed by atoms with Gasteiger partial charge in [0, 0.05) is 12.2 Å². The molecule has 0 saturated heterocycles. The van der Waals surface area contributed by atoms with Gasteiger partial charge in [-0.3, -0.25) is 10.1 Å². The first-order valence-electron chi connectivity index (χ1n) is 3.30. The summed E-state index contributed by atoms with van der Waals surface area (Å²) in [5, 5.41) is 24.9. The van der Waals surface area contributed by atoms with Crippen LogP contribution >= 0.6 is 0 Å². The summed E-state index contributed by atoms with van der Waals surface area (Å²) in [5.41, 5.74) is 0.